The highest BCUT2D eigenvalue weighted by Gasteiger charge is 2.41. The number of esters is 1. The van der Waals surface area contributed by atoms with Crippen molar-refractivity contribution in [2.75, 3.05) is 48.9 Å². The summed E-state index contributed by atoms with van der Waals surface area (Å²) < 4.78 is 16.7. The molecule has 2 fully saturated rings. The van der Waals surface area contributed by atoms with Crippen LogP contribution in [0.25, 0.3) is 0 Å². The van der Waals surface area contributed by atoms with Gasteiger partial charge in [0.15, 0.2) is 5.82 Å². The number of carbonyl (C=O) groups excluding carboxylic acids is 4. The molecule has 3 amide bonds. The fourth-order valence-corrected chi connectivity index (χ4v) is 8.12. The quantitative estimate of drug-likeness (QED) is 0.146. The topological polar surface area (TPSA) is 168 Å². The van der Waals surface area contributed by atoms with E-state index in [2.05, 4.69) is 30.7 Å². The standard InChI is InChI=1S/C44H60N8O7/c1-7-35-40(54)50(5)36-27-45-42(49-38(36)52(35)32-16-11-12-17-32)47-33-20-19-30(26-37(33)57-6)39(53)46-31-21-24-51(25-22-31)23-13-18-34(41(55)59-44(2,3)4)48-43(56)58-28-29-14-9-8-10-15-29/h8-10,14-15,19-20,26-27,31-32,34-35H,7,11-13,16-18,21-25,28H2,1-6H3,(H,46,53)(H,48,56)(H,45,47,49)/t34-,35+/m0/s1. The number of carbonyl (C=O) groups is 4. The summed E-state index contributed by atoms with van der Waals surface area (Å²) in [6, 6.07) is 13.8. The first-order valence-corrected chi connectivity index (χ1v) is 20.9. The molecule has 2 aromatic carbocycles. The van der Waals surface area contributed by atoms with Gasteiger partial charge in [-0.25, -0.2) is 14.6 Å². The van der Waals surface area contributed by atoms with Crippen LogP contribution in [0.15, 0.2) is 54.7 Å². The molecule has 0 unspecified atom stereocenters. The van der Waals surface area contributed by atoms with Crippen molar-refractivity contribution < 1.29 is 33.4 Å². The number of alkyl carbamates (subject to hydrolysis) is 1. The van der Waals surface area contributed by atoms with Crippen molar-refractivity contribution in [2.24, 2.45) is 0 Å². The Morgan fingerprint density at radius 2 is 1.73 bits per heavy atom. The zero-order valence-electron chi connectivity index (χ0n) is 35.3. The van der Waals surface area contributed by atoms with E-state index in [-0.39, 0.29) is 36.5 Å². The molecular weight excluding hydrogens is 753 g/mol. The molecule has 3 aliphatic rings. The number of nitrogens with one attached hydrogen (secondary N) is 3. The number of ether oxygens (including phenoxy) is 3. The molecule has 15 nitrogen and oxygen atoms in total. The third-order valence-corrected chi connectivity index (χ3v) is 11.2. The first-order valence-electron chi connectivity index (χ1n) is 20.9. The summed E-state index contributed by atoms with van der Waals surface area (Å²) in [5.41, 5.74) is 1.94. The van der Waals surface area contributed by atoms with Gasteiger partial charge in [0.2, 0.25) is 11.9 Å². The van der Waals surface area contributed by atoms with Gasteiger partial charge in [-0.2, -0.15) is 4.98 Å². The molecule has 2 aliphatic heterocycles. The molecule has 6 rings (SSSR count). The van der Waals surface area contributed by atoms with Gasteiger partial charge < -0.3 is 44.9 Å². The molecule has 3 aromatic rings. The number of amides is 3. The number of methoxy groups -OCH3 is 1. The van der Waals surface area contributed by atoms with Gasteiger partial charge in [0.05, 0.1) is 19.0 Å². The normalized spacial score (nSPS) is 18.2. The molecule has 3 heterocycles. The summed E-state index contributed by atoms with van der Waals surface area (Å²) in [5, 5.41) is 9.19. The third kappa shape index (κ3) is 11.2. The van der Waals surface area contributed by atoms with Crippen LogP contribution in [0.4, 0.5) is 27.9 Å². The van der Waals surface area contributed by atoms with E-state index in [0.29, 0.717) is 47.9 Å². The Morgan fingerprint density at radius 1 is 1.00 bits per heavy atom. The van der Waals surface area contributed by atoms with Crippen molar-refractivity contribution in [1.29, 1.82) is 0 Å². The molecule has 2 atom stereocenters. The summed E-state index contributed by atoms with van der Waals surface area (Å²) in [6.07, 6.45) is 8.65. The van der Waals surface area contributed by atoms with Crippen LogP contribution >= 0.6 is 0 Å². The van der Waals surface area contributed by atoms with Crippen LogP contribution in [-0.2, 0) is 25.7 Å². The lowest BCUT2D eigenvalue weighted by molar-refractivity contribution is -0.157. The summed E-state index contributed by atoms with van der Waals surface area (Å²) in [7, 11) is 3.34. The average molecular weight is 813 g/mol. The van der Waals surface area contributed by atoms with Gasteiger partial charge in [-0.3, -0.25) is 9.59 Å². The Kier molecular flexibility index (Phi) is 14.3. The number of benzene rings is 2. The zero-order chi connectivity index (χ0) is 42.1. The van der Waals surface area contributed by atoms with Crippen molar-refractivity contribution in [1.82, 2.24) is 25.5 Å². The summed E-state index contributed by atoms with van der Waals surface area (Å²) in [6.45, 7) is 9.82. The fraction of sp³-hybridized carbons (Fsp3) is 0.545. The highest BCUT2D eigenvalue weighted by Crippen LogP contribution is 2.40. The van der Waals surface area contributed by atoms with Gasteiger partial charge in [-0.15, -0.1) is 0 Å². The van der Waals surface area contributed by atoms with Gasteiger partial charge in [0, 0.05) is 37.8 Å². The number of fused-ring (bicyclic) bond motifs is 1. The molecule has 1 aliphatic carbocycles. The van der Waals surface area contributed by atoms with Crippen LogP contribution in [0, 0.1) is 0 Å². The minimum atomic E-state index is -0.840. The van der Waals surface area contributed by atoms with Gasteiger partial charge in [-0.05, 0) is 96.0 Å². The van der Waals surface area contributed by atoms with E-state index in [4.69, 9.17) is 19.2 Å². The Hall–Kier alpha value is -5.44. The molecule has 1 saturated heterocycles. The highest BCUT2D eigenvalue weighted by molar-refractivity contribution is 6.04. The van der Waals surface area contributed by atoms with Gasteiger partial charge in [0.1, 0.15) is 35.7 Å². The SMILES string of the molecule is CC[C@@H]1C(=O)N(C)c2cnc(Nc3ccc(C(=O)NC4CCN(CCC[C@H](NC(=O)OCc5ccccc5)C(=O)OC(C)(C)C)CC4)cc3OC)nc2N1C1CCCC1. The Bertz CT molecular complexity index is 1930. The first-order chi connectivity index (χ1) is 28.3. The third-order valence-electron chi connectivity index (χ3n) is 11.2. The van der Waals surface area contributed by atoms with Crippen molar-refractivity contribution in [2.45, 2.75) is 122 Å². The molecule has 0 bridgehead atoms. The number of aromatic nitrogens is 2. The maximum Gasteiger partial charge on any atom is 0.408 e. The second-order valence-electron chi connectivity index (χ2n) is 16.6. The average Bonchev–Trinajstić information content (AvgIpc) is 3.76. The summed E-state index contributed by atoms with van der Waals surface area (Å²) in [5.74, 6) is 0.990. The van der Waals surface area contributed by atoms with Crippen LogP contribution in [0.3, 0.4) is 0 Å². The van der Waals surface area contributed by atoms with Crippen molar-refractivity contribution in [3.05, 3.63) is 65.9 Å². The fourth-order valence-electron chi connectivity index (χ4n) is 8.12. The van der Waals surface area contributed by atoms with Crippen molar-refractivity contribution in [3.63, 3.8) is 0 Å². The summed E-state index contributed by atoms with van der Waals surface area (Å²) >= 11 is 0. The highest BCUT2D eigenvalue weighted by atomic mass is 16.6. The van der Waals surface area contributed by atoms with E-state index in [1.165, 1.54) is 0 Å². The lowest BCUT2D eigenvalue weighted by Crippen LogP contribution is -2.55. The lowest BCUT2D eigenvalue weighted by Gasteiger charge is -2.43. The number of nitrogens with zero attached hydrogens (tertiary/aromatic N) is 5. The second-order valence-corrected chi connectivity index (χ2v) is 16.6. The molecule has 1 saturated carbocycles. The smallest absolute Gasteiger partial charge is 0.408 e. The van der Waals surface area contributed by atoms with Gasteiger partial charge >= 0.3 is 12.1 Å². The van der Waals surface area contributed by atoms with Crippen molar-refractivity contribution in [3.8, 4) is 5.75 Å². The maximum absolute atomic E-state index is 13.4. The molecule has 1 aromatic heterocycles. The predicted octanol–water partition coefficient (Wildman–Crippen LogP) is 6.34. The summed E-state index contributed by atoms with van der Waals surface area (Å²) in [4.78, 5) is 68.0. The molecule has 0 spiro atoms. The number of hydrogen-bond donors (Lipinski definition) is 3. The number of likely N-dealkylation sites (tertiary alicyclic amines) is 1. The van der Waals surface area contributed by atoms with Gasteiger partial charge in [-0.1, -0.05) is 50.1 Å². The minimum Gasteiger partial charge on any atom is -0.495 e. The van der Waals surface area contributed by atoms with E-state index in [1.807, 2.05) is 37.3 Å². The van der Waals surface area contributed by atoms with Gasteiger partial charge in [0.25, 0.3) is 5.91 Å². The Morgan fingerprint density at radius 3 is 2.41 bits per heavy atom. The van der Waals surface area contributed by atoms with Crippen LogP contribution in [0.5, 0.6) is 5.75 Å². The van der Waals surface area contributed by atoms with E-state index in [1.54, 1.807) is 64.2 Å². The number of anilines is 4. The monoisotopic (exact) mass is 812 g/mol. The number of piperidine rings is 1. The van der Waals surface area contributed by atoms with Crippen LogP contribution in [0.2, 0.25) is 0 Å². The van der Waals surface area contributed by atoms with Crippen LogP contribution in [0.1, 0.15) is 101 Å². The van der Waals surface area contributed by atoms with E-state index < -0.39 is 23.7 Å². The second kappa shape index (κ2) is 19.5. The molecular formula is C44H60N8O7. The van der Waals surface area contributed by atoms with Crippen molar-refractivity contribution >= 4 is 47.0 Å². The zero-order valence-corrected chi connectivity index (χ0v) is 35.3. The largest absolute Gasteiger partial charge is 0.495 e. The minimum absolute atomic E-state index is 0.00165. The van der Waals surface area contributed by atoms with E-state index in [0.717, 1.165) is 69.5 Å². The molecule has 0 radical (unpaired) electrons. The lowest BCUT2D eigenvalue weighted by atomic mass is 10.0. The molecule has 59 heavy (non-hydrogen) atoms. The Balaban J connectivity index is 0.999. The Labute approximate surface area is 347 Å². The predicted molar refractivity (Wildman–Crippen MR) is 226 cm³/mol. The van der Waals surface area contributed by atoms with E-state index in [9.17, 15) is 19.2 Å². The van der Waals surface area contributed by atoms with E-state index >= 15 is 0 Å². The van der Waals surface area contributed by atoms with Crippen LogP contribution in [-0.4, -0.2) is 102 Å². The van der Waals surface area contributed by atoms with Crippen LogP contribution < -0.4 is 30.5 Å². The number of rotatable bonds is 15. The number of hydrogen-bond acceptors (Lipinski definition) is 12. The molecule has 15 heteroatoms. The molecule has 318 valence electrons. The molecule has 3 N–H and O–H groups in total. The first kappa shape index (κ1) is 43.1. The number of likely N-dealkylation sites (N-methyl/N-ethyl adjacent to an activating group) is 1. The maximum atomic E-state index is 13.4.